The van der Waals surface area contributed by atoms with Crippen LogP contribution in [0, 0.1) is 11.8 Å². The van der Waals surface area contributed by atoms with E-state index in [4.69, 9.17) is 33.3 Å². The van der Waals surface area contributed by atoms with Crippen LogP contribution in [-0.4, -0.2) is 116 Å². The van der Waals surface area contributed by atoms with Crippen molar-refractivity contribution < 1.29 is 89.4 Å². The van der Waals surface area contributed by atoms with Crippen LogP contribution >= 0.6 is 23.5 Å². The highest BCUT2D eigenvalue weighted by atomic mass is 31.2. The first-order chi connectivity index (χ1) is 21.2. The summed E-state index contributed by atoms with van der Waals surface area (Å²) in [5, 5.41) is 18.3. The van der Waals surface area contributed by atoms with E-state index in [1.54, 1.807) is 41.5 Å². The molecule has 19 nitrogen and oxygen atoms in total. The average Bonchev–Trinajstić information content (AvgIpc) is 2.89. The Morgan fingerprint density at radius 2 is 0.708 bits per heavy atom. The molecule has 0 aromatic heterocycles. The first-order valence-corrected chi connectivity index (χ1v) is 18.8. The molecule has 0 rings (SSSR count). The highest BCUT2D eigenvalue weighted by Crippen LogP contribution is 2.45. The van der Waals surface area contributed by atoms with Crippen LogP contribution in [0.25, 0.3) is 0 Å². The SMILES string of the molecule is C.C.CC(C)OCOCC(CO)COCOP(=O)(O)OC(C)C.CC(C)OP(=O)(O)OCOCC(CO)COCOP(=O)(O)OC(C)C. The summed E-state index contributed by atoms with van der Waals surface area (Å²) in [6, 6.07) is 0. The average molecular weight is 773 g/mol. The highest BCUT2D eigenvalue weighted by molar-refractivity contribution is 7.47. The van der Waals surface area contributed by atoms with Gasteiger partial charge in [-0.2, -0.15) is 0 Å². The van der Waals surface area contributed by atoms with Gasteiger partial charge in [0.25, 0.3) is 0 Å². The van der Waals surface area contributed by atoms with Crippen molar-refractivity contribution in [1.82, 2.24) is 0 Å². The van der Waals surface area contributed by atoms with Crippen LogP contribution in [0.2, 0.25) is 0 Å². The molecular weight excluding hydrogens is 709 g/mol. The van der Waals surface area contributed by atoms with E-state index in [-0.39, 0.29) is 73.3 Å². The number of rotatable bonds is 28. The second-order valence-electron chi connectivity index (χ2n) is 10.5. The fourth-order valence-electron chi connectivity index (χ4n) is 2.55. The normalized spacial score (nSPS) is 16.7. The first-order valence-electron chi connectivity index (χ1n) is 14.4. The van der Waals surface area contributed by atoms with E-state index < -0.39 is 68.1 Å². The van der Waals surface area contributed by atoms with Gasteiger partial charge in [-0.05, 0) is 55.4 Å². The van der Waals surface area contributed by atoms with Gasteiger partial charge in [-0.1, -0.05) is 14.9 Å². The molecule has 0 aliphatic carbocycles. The molecule has 0 aliphatic heterocycles. The molecule has 0 radical (unpaired) electrons. The summed E-state index contributed by atoms with van der Waals surface area (Å²) in [6.07, 6.45) is -1.34. The molecule has 0 aromatic rings. The monoisotopic (exact) mass is 772 g/mol. The van der Waals surface area contributed by atoms with Crippen LogP contribution in [-0.2, 0) is 64.5 Å². The summed E-state index contributed by atoms with van der Waals surface area (Å²) < 4.78 is 87.4. The number of hydrogen-bond acceptors (Lipinski definition) is 16. The molecule has 0 spiro atoms. The standard InChI is InChI=1S/C12H28O11P2.C12H27O8P.2CH4/c1-10(2)22-24(14,15)20-8-18-6-12(5-13)7-19-9-21-25(16,17)23-11(3)4;1-10(2)18-8-16-6-12(5-13)7-17-9-19-21(14,15)20-11(3)4;;/h10-13H,5-9H2,1-4H3,(H,14,15)(H,16,17);10-13H,5-9H2,1-4H3,(H,14,15);2*1H4. The third-order valence-corrected chi connectivity index (χ3v) is 7.70. The fourth-order valence-corrected chi connectivity index (χ4v) is 4.96. The third kappa shape index (κ3) is 37.3. The van der Waals surface area contributed by atoms with Crippen molar-refractivity contribution in [1.29, 1.82) is 0 Å². The number of phosphoric acid groups is 3. The van der Waals surface area contributed by atoms with Gasteiger partial charge in [-0.15, -0.1) is 0 Å². The summed E-state index contributed by atoms with van der Waals surface area (Å²) >= 11 is 0. The van der Waals surface area contributed by atoms with Crippen LogP contribution in [0.4, 0.5) is 0 Å². The van der Waals surface area contributed by atoms with Gasteiger partial charge in [0.2, 0.25) is 0 Å². The predicted octanol–water partition coefficient (Wildman–Crippen LogP) is 4.41. The number of hydrogen-bond donors (Lipinski definition) is 5. The lowest BCUT2D eigenvalue weighted by molar-refractivity contribution is -0.103. The molecule has 0 fully saturated rings. The van der Waals surface area contributed by atoms with Crippen molar-refractivity contribution >= 4 is 23.5 Å². The molecule has 0 aromatic carbocycles. The van der Waals surface area contributed by atoms with Crippen molar-refractivity contribution in [3.8, 4) is 0 Å². The summed E-state index contributed by atoms with van der Waals surface area (Å²) in [5.74, 6) is -0.770. The Morgan fingerprint density at radius 3 is 0.917 bits per heavy atom. The highest BCUT2D eigenvalue weighted by Gasteiger charge is 2.25. The molecular formula is C26H63O19P3. The zero-order valence-corrected chi connectivity index (χ0v) is 30.5. The second-order valence-corrected chi connectivity index (χ2v) is 14.7. The van der Waals surface area contributed by atoms with E-state index >= 15 is 0 Å². The molecule has 5 N–H and O–H groups in total. The lowest BCUT2D eigenvalue weighted by atomic mass is 10.2. The number of aliphatic hydroxyl groups excluding tert-OH is 2. The van der Waals surface area contributed by atoms with Crippen molar-refractivity contribution in [2.45, 2.75) is 94.7 Å². The molecule has 4 unspecified atom stereocenters. The van der Waals surface area contributed by atoms with Crippen LogP contribution in [0.15, 0.2) is 0 Å². The maximum atomic E-state index is 11.4. The molecule has 0 heterocycles. The lowest BCUT2D eigenvalue weighted by Crippen LogP contribution is -2.22. The van der Waals surface area contributed by atoms with Crippen molar-refractivity contribution in [2.24, 2.45) is 11.8 Å². The number of ether oxygens (including phenoxy) is 5. The number of aliphatic hydroxyl groups is 2. The summed E-state index contributed by atoms with van der Waals surface area (Å²) in [4.78, 5) is 27.9. The van der Waals surface area contributed by atoms with Gasteiger partial charge in [-0.25, -0.2) is 13.7 Å². The quantitative estimate of drug-likeness (QED) is 0.0419. The van der Waals surface area contributed by atoms with E-state index in [0.29, 0.717) is 0 Å². The minimum Gasteiger partial charge on any atom is -0.396 e. The largest absolute Gasteiger partial charge is 0.474 e. The molecule has 22 heteroatoms. The number of phosphoric ester groups is 3. The van der Waals surface area contributed by atoms with E-state index in [0.717, 1.165) is 0 Å². The zero-order chi connectivity index (χ0) is 35.8. The Hall–Kier alpha value is 0.0500. The molecule has 4 atom stereocenters. The van der Waals surface area contributed by atoms with Gasteiger partial charge < -0.3 is 48.6 Å². The van der Waals surface area contributed by atoms with E-state index in [1.807, 2.05) is 13.8 Å². The van der Waals surface area contributed by atoms with E-state index in [1.165, 1.54) is 0 Å². The Labute approximate surface area is 286 Å². The molecule has 0 saturated carbocycles. The van der Waals surface area contributed by atoms with Gasteiger partial charge in [0.05, 0.1) is 64.1 Å². The van der Waals surface area contributed by atoms with Gasteiger partial charge in [0.1, 0.15) is 6.79 Å². The molecule has 0 aliphatic rings. The van der Waals surface area contributed by atoms with Crippen molar-refractivity contribution in [3.05, 3.63) is 0 Å². The zero-order valence-electron chi connectivity index (χ0n) is 27.8. The topological polar surface area (TPSA) is 254 Å². The molecule has 48 heavy (non-hydrogen) atoms. The fraction of sp³-hybridized carbons (Fsp3) is 1.00. The molecule has 0 bridgehead atoms. The third-order valence-electron chi connectivity index (χ3n) is 4.34. The summed E-state index contributed by atoms with van der Waals surface area (Å²) in [5.41, 5.74) is 0. The van der Waals surface area contributed by atoms with Gasteiger partial charge >= 0.3 is 23.5 Å². The summed E-state index contributed by atoms with van der Waals surface area (Å²) in [7, 11) is -12.5. The Kier molecular flexibility index (Phi) is 35.0. The van der Waals surface area contributed by atoms with Crippen molar-refractivity contribution in [3.63, 3.8) is 0 Å². The Bertz CT molecular complexity index is 839. The lowest BCUT2D eigenvalue weighted by Gasteiger charge is -2.18. The molecule has 0 saturated heterocycles. The van der Waals surface area contributed by atoms with Crippen molar-refractivity contribution in [2.75, 3.05) is 66.8 Å². The van der Waals surface area contributed by atoms with Gasteiger partial charge in [0.15, 0.2) is 20.4 Å². The second kappa shape index (κ2) is 30.7. The van der Waals surface area contributed by atoms with E-state index in [9.17, 15) is 33.5 Å². The van der Waals surface area contributed by atoms with Crippen LogP contribution in [0.1, 0.15) is 70.2 Å². The Balaban J connectivity index is -0.000000393. The molecule has 0 amide bonds. The Morgan fingerprint density at radius 1 is 0.458 bits per heavy atom. The van der Waals surface area contributed by atoms with Crippen LogP contribution in [0.3, 0.4) is 0 Å². The summed E-state index contributed by atoms with van der Waals surface area (Å²) in [6.45, 7) is 11.9. The first kappa shape index (κ1) is 54.8. The van der Waals surface area contributed by atoms with Crippen LogP contribution in [0.5, 0.6) is 0 Å². The maximum absolute atomic E-state index is 11.4. The predicted molar refractivity (Wildman–Crippen MR) is 176 cm³/mol. The van der Waals surface area contributed by atoms with E-state index in [2.05, 4.69) is 22.6 Å². The minimum absolute atomic E-state index is 0. The maximum Gasteiger partial charge on any atom is 0.474 e. The minimum atomic E-state index is -4.19. The smallest absolute Gasteiger partial charge is 0.396 e. The molecule has 296 valence electrons. The van der Waals surface area contributed by atoms with Gasteiger partial charge in [0, 0.05) is 11.8 Å². The van der Waals surface area contributed by atoms with Gasteiger partial charge in [-0.3, -0.25) is 27.1 Å². The van der Waals surface area contributed by atoms with Crippen LogP contribution < -0.4 is 0 Å².